The van der Waals surface area contributed by atoms with Crippen LogP contribution in [0.1, 0.15) is 36.8 Å². The van der Waals surface area contributed by atoms with Crippen molar-refractivity contribution in [2.75, 3.05) is 0 Å². The predicted octanol–water partition coefficient (Wildman–Crippen LogP) is 3.93. The molecule has 2 saturated heterocycles. The van der Waals surface area contributed by atoms with E-state index in [9.17, 15) is 29.4 Å². The molecule has 4 bridgehead atoms. The van der Waals surface area contributed by atoms with Crippen LogP contribution >= 0.6 is 31.9 Å². The standard InChI is InChI=1S/2C15H13BrO4/c2*1-8(17)13-12(9-2-4-10(16)5-3-9)11-6-7-15(13,19)14(18)20-11/h2*2-7,11-13,19H,1H3/t2*11-,12+,13-,15-/m11/s1. The molecule has 2 fully saturated rings. The molecule has 8 nitrogen and oxygen atoms in total. The molecule has 2 N–H and O–H groups in total. The molecular weight excluding hydrogens is 648 g/mol. The molecule has 2 aromatic rings. The Balaban J connectivity index is 0.000000161. The molecule has 208 valence electrons. The Kier molecular flexibility index (Phi) is 7.50. The number of fused-ring (bicyclic) bond motifs is 4. The molecule has 2 aliphatic carbocycles. The van der Waals surface area contributed by atoms with E-state index in [1.54, 1.807) is 12.2 Å². The van der Waals surface area contributed by atoms with Gasteiger partial charge in [-0.15, -0.1) is 0 Å². The molecule has 0 radical (unpaired) electrons. The number of benzene rings is 2. The van der Waals surface area contributed by atoms with Gasteiger partial charge < -0.3 is 19.7 Å². The van der Waals surface area contributed by atoms with Crippen molar-refractivity contribution in [3.8, 4) is 0 Å². The summed E-state index contributed by atoms with van der Waals surface area (Å²) in [5.74, 6) is -4.23. The molecule has 4 aliphatic heterocycles. The number of aliphatic hydroxyl groups is 2. The van der Waals surface area contributed by atoms with Crippen molar-refractivity contribution in [3.63, 3.8) is 0 Å². The number of halogens is 2. The van der Waals surface area contributed by atoms with Gasteiger partial charge in [0.1, 0.15) is 23.8 Å². The maximum Gasteiger partial charge on any atom is 0.343 e. The van der Waals surface area contributed by atoms with Crippen LogP contribution in [0.3, 0.4) is 0 Å². The highest BCUT2D eigenvalue weighted by molar-refractivity contribution is 9.10. The average molecular weight is 674 g/mol. The summed E-state index contributed by atoms with van der Waals surface area (Å²) in [7, 11) is 0. The first kappa shape index (κ1) is 28.6. The van der Waals surface area contributed by atoms with Gasteiger partial charge in [-0.05, 0) is 73.5 Å². The average Bonchev–Trinajstić information content (AvgIpc) is 2.90. The van der Waals surface area contributed by atoms with E-state index in [1.807, 2.05) is 48.5 Å². The second-order valence-electron chi connectivity index (χ2n) is 10.4. The molecule has 0 unspecified atom stereocenters. The number of ketones is 2. The van der Waals surface area contributed by atoms with E-state index in [-0.39, 0.29) is 23.4 Å². The fourth-order valence-corrected chi connectivity index (χ4v) is 6.70. The lowest BCUT2D eigenvalue weighted by Gasteiger charge is -2.47. The molecular formula is C30H26Br2O8. The summed E-state index contributed by atoms with van der Waals surface area (Å²) in [6.45, 7) is 2.80. The SMILES string of the molecule is CC(=O)[C@@H]1[C@@H](c2ccc(Br)cc2)[C@H]2C=C[C@]1(O)C(=O)O2.CC(=O)[C@@H]1[C@@H](c2ccc(Br)cc2)[C@H]2C=C[C@]1(O)C(=O)O2. The highest BCUT2D eigenvalue weighted by Gasteiger charge is 2.60. The minimum Gasteiger partial charge on any atom is -0.455 e. The van der Waals surface area contributed by atoms with Gasteiger partial charge in [0.05, 0.1) is 11.8 Å². The van der Waals surface area contributed by atoms with Crippen molar-refractivity contribution in [3.05, 3.63) is 92.9 Å². The van der Waals surface area contributed by atoms with Crippen LogP contribution in [0.4, 0.5) is 0 Å². The monoisotopic (exact) mass is 672 g/mol. The van der Waals surface area contributed by atoms with E-state index in [0.717, 1.165) is 20.1 Å². The molecule has 0 amide bonds. The van der Waals surface area contributed by atoms with Gasteiger partial charge in [-0.1, -0.05) is 56.1 Å². The van der Waals surface area contributed by atoms with E-state index >= 15 is 0 Å². The third-order valence-corrected chi connectivity index (χ3v) is 9.04. The zero-order valence-electron chi connectivity index (χ0n) is 21.5. The third kappa shape index (κ3) is 4.70. The van der Waals surface area contributed by atoms with Crippen LogP contribution in [0, 0.1) is 11.8 Å². The first-order valence-electron chi connectivity index (χ1n) is 12.6. The third-order valence-electron chi connectivity index (χ3n) is 7.98. The van der Waals surface area contributed by atoms with Gasteiger partial charge in [0.2, 0.25) is 0 Å². The topological polar surface area (TPSA) is 127 Å². The van der Waals surface area contributed by atoms with Gasteiger partial charge in [-0.25, -0.2) is 9.59 Å². The molecule has 4 heterocycles. The zero-order valence-corrected chi connectivity index (χ0v) is 24.7. The van der Waals surface area contributed by atoms with Crippen molar-refractivity contribution in [2.45, 2.75) is 49.1 Å². The Bertz CT molecular complexity index is 1320. The van der Waals surface area contributed by atoms with E-state index in [0.29, 0.717) is 0 Å². The second kappa shape index (κ2) is 10.5. The van der Waals surface area contributed by atoms with Crippen LogP contribution < -0.4 is 0 Å². The summed E-state index contributed by atoms with van der Waals surface area (Å²) in [4.78, 5) is 47.6. The van der Waals surface area contributed by atoms with Gasteiger partial charge in [-0.2, -0.15) is 0 Å². The normalized spacial score (nSPS) is 35.0. The Hall–Kier alpha value is -2.92. The molecule has 2 aromatic carbocycles. The summed E-state index contributed by atoms with van der Waals surface area (Å²) in [6, 6.07) is 14.9. The van der Waals surface area contributed by atoms with Crippen molar-refractivity contribution in [1.82, 2.24) is 0 Å². The van der Waals surface area contributed by atoms with Crippen LogP contribution in [0.5, 0.6) is 0 Å². The number of hydrogen-bond acceptors (Lipinski definition) is 8. The molecule has 0 aromatic heterocycles. The van der Waals surface area contributed by atoms with E-state index in [1.165, 1.54) is 26.0 Å². The number of carbonyl (C=O) groups is 4. The summed E-state index contributed by atoms with van der Waals surface area (Å²) in [5.41, 5.74) is -1.96. The summed E-state index contributed by atoms with van der Waals surface area (Å²) in [6.07, 6.45) is 5.09. The van der Waals surface area contributed by atoms with Gasteiger partial charge in [0.25, 0.3) is 0 Å². The van der Waals surface area contributed by atoms with E-state index in [4.69, 9.17) is 9.47 Å². The van der Waals surface area contributed by atoms with Crippen LogP contribution in [-0.4, -0.2) is 57.1 Å². The number of carbonyl (C=O) groups excluding carboxylic acids is 4. The predicted molar refractivity (Wildman–Crippen MR) is 150 cm³/mol. The van der Waals surface area contributed by atoms with Gasteiger partial charge in [0.15, 0.2) is 11.2 Å². The van der Waals surface area contributed by atoms with E-state index in [2.05, 4.69) is 31.9 Å². The number of Topliss-reactive ketones (excluding diaryl/α,β-unsaturated/α-hetero) is 2. The van der Waals surface area contributed by atoms with Crippen molar-refractivity contribution < 1.29 is 38.9 Å². The molecule has 10 heteroatoms. The largest absolute Gasteiger partial charge is 0.455 e. The van der Waals surface area contributed by atoms with E-state index < -0.39 is 47.2 Å². The quantitative estimate of drug-likeness (QED) is 0.369. The summed E-state index contributed by atoms with van der Waals surface area (Å²) in [5, 5.41) is 21.0. The Morgan fingerprint density at radius 1 is 0.675 bits per heavy atom. The molecule has 0 spiro atoms. The fourth-order valence-electron chi connectivity index (χ4n) is 6.17. The van der Waals surface area contributed by atoms with Crippen LogP contribution in [0.25, 0.3) is 0 Å². The van der Waals surface area contributed by atoms with Crippen molar-refractivity contribution in [1.29, 1.82) is 0 Å². The first-order valence-corrected chi connectivity index (χ1v) is 14.2. The van der Waals surface area contributed by atoms with Gasteiger partial charge in [0, 0.05) is 20.8 Å². The van der Waals surface area contributed by atoms with Crippen LogP contribution in [0.15, 0.2) is 81.8 Å². The molecule has 0 saturated carbocycles. The van der Waals surface area contributed by atoms with Crippen LogP contribution in [0.2, 0.25) is 0 Å². The number of ether oxygens (including phenoxy) is 2. The Labute approximate surface area is 247 Å². The zero-order chi connectivity index (χ0) is 29.0. The summed E-state index contributed by atoms with van der Waals surface area (Å²) >= 11 is 6.72. The lowest BCUT2D eigenvalue weighted by atomic mass is 9.65. The Morgan fingerprint density at radius 3 is 1.27 bits per heavy atom. The smallest absolute Gasteiger partial charge is 0.343 e. The highest BCUT2D eigenvalue weighted by Crippen LogP contribution is 2.48. The van der Waals surface area contributed by atoms with Crippen LogP contribution in [-0.2, 0) is 28.7 Å². The lowest BCUT2D eigenvalue weighted by Crippen LogP contribution is -2.60. The lowest BCUT2D eigenvalue weighted by molar-refractivity contribution is -0.189. The molecule has 8 atom stereocenters. The fraction of sp³-hybridized carbons (Fsp3) is 0.333. The maximum absolute atomic E-state index is 12.0. The minimum atomic E-state index is -1.85. The minimum absolute atomic E-state index is 0.216. The highest BCUT2D eigenvalue weighted by atomic mass is 79.9. The second-order valence-corrected chi connectivity index (χ2v) is 12.3. The maximum atomic E-state index is 12.0. The molecule has 6 aliphatic rings. The number of esters is 2. The number of rotatable bonds is 4. The van der Waals surface area contributed by atoms with Gasteiger partial charge >= 0.3 is 11.9 Å². The number of hydrogen-bond donors (Lipinski definition) is 2. The molecule has 8 rings (SSSR count). The Morgan fingerprint density at radius 2 is 1.00 bits per heavy atom. The van der Waals surface area contributed by atoms with Crippen molar-refractivity contribution in [2.24, 2.45) is 11.8 Å². The first-order chi connectivity index (χ1) is 18.9. The summed E-state index contributed by atoms with van der Waals surface area (Å²) < 4.78 is 12.3. The van der Waals surface area contributed by atoms with Crippen molar-refractivity contribution >= 4 is 55.4 Å². The van der Waals surface area contributed by atoms with Gasteiger partial charge in [-0.3, -0.25) is 9.59 Å². The molecule has 40 heavy (non-hydrogen) atoms.